The molecule has 0 aromatic carbocycles. The van der Waals surface area contributed by atoms with Gasteiger partial charge in [0.1, 0.15) is 6.20 Å². The van der Waals surface area contributed by atoms with Crippen molar-refractivity contribution in [2.24, 2.45) is 0 Å². The van der Waals surface area contributed by atoms with Crippen molar-refractivity contribution in [1.29, 1.82) is 0 Å². The first kappa shape index (κ1) is 13.9. The van der Waals surface area contributed by atoms with E-state index >= 15 is 0 Å². The maximum absolute atomic E-state index is 12.0. The van der Waals surface area contributed by atoms with Gasteiger partial charge in [0, 0.05) is 13.6 Å². The van der Waals surface area contributed by atoms with Crippen molar-refractivity contribution in [3.63, 3.8) is 0 Å². The maximum atomic E-state index is 12.0. The lowest BCUT2D eigenvalue weighted by molar-refractivity contribution is -0.385. The van der Waals surface area contributed by atoms with E-state index in [0.29, 0.717) is 0 Å². The van der Waals surface area contributed by atoms with Crippen LogP contribution in [0.2, 0.25) is 0 Å². The number of hydrogen-bond donors (Lipinski definition) is 1. The van der Waals surface area contributed by atoms with Crippen molar-refractivity contribution in [3.05, 3.63) is 22.0 Å². The molecule has 0 saturated carbocycles. The van der Waals surface area contributed by atoms with E-state index in [2.05, 4.69) is 10.4 Å². The molecular formula is C8H9F3N4O3. The van der Waals surface area contributed by atoms with Gasteiger partial charge in [-0.15, -0.1) is 0 Å². The minimum atomic E-state index is -4.39. The fourth-order valence-corrected chi connectivity index (χ4v) is 1.18. The number of halogens is 3. The first-order valence-corrected chi connectivity index (χ1v) is 4.75. The molecular weight excluding hydrogens is 257 g/mol. The molecule has 1 amide bonds. The Labute approximate surface area is 98.7 Å². The molecule has 7 nitrogen and oxygen atoms in total. The Hall–Kier alpha value is -2.13. The van der Waals surface area contributed by atoms with E-state index < -0.39 is 41.4 Å². The van der Waals surface area contributed by atoms with E-state index in [1.165, 1.54) is 7.05 Å². The number of carbonyl (C=O) groups excluding carboxylic acids is 1. The smallest absolute Gasteiger partial charge is 0.353 e. The lowest BCUT2D eigenvalue weighted by Crippen LogP contribution is -2.20. The molecule has 0 aliphatic heterocycles. The summed E-state index contributed by atoms with van der Waals surface area (Å²) < 4.78 is 36.7. The molecule has 0 bridgehead atoms. The molecule has 0 spiro atoms. The van der Waals surface area contributed by atoms with Crippen molar-refractivity contribution >= 4 is 11.6 Å². The second-order valence-electron chi connectivity index (χ2n) is 3.33. The van der Waals surface area contributed by atoms with Gasteiger partial charge in [0.2, 0.25) is 5.69 Å². The van der Waals surface area contributed by atoms with Crippen LogP contribution in [-0.4, -0.2) is 33.8 Å². The fraction of sp³-hybridized carbons (Fsp3) is 0.500. The van der Waals surface area contributed by atoms with Gasteiger partial charge in [0.15, 0.2) is 0 Å². The van der Waals surface area contributed by atoms with Crippen LogP contribution in [0.15, 0.2) is 6.20 Å². The van der Waals surface area contributed by atoms with Crippen LogP contribution in [-0.2, 0) is 6.54 Å². The monoisotopic (exact) mass is 266 g/mol. The number of carbonyl (C=O) groups is 1. The largest absolute Gasteiger partial charge is 0.390 e. The van der Waals surface area contributed by atoms with E-state index in [1.54, 1.807) is 0 Å². The number of nitro groups is 1. The van der Waals surface area contributed by atoms with Crippen LogP contribution in [0.5, 0.6) is 0 Å². The van der Waals surface area contributed by atoms with Gasteiger partial charge in [-0.25, -0.2) is 0 Å². The standard InChI is InChI=1S/C8H9F3N4O3/c1-12-7(16)6-5(15(17)18)4-14(13-6)3-2-8(9,10)11/h4H,2-3H2,1H3,(H,12,16). The first-order chi connectivity index (χ1) is 8.24. The summed E-state index contributed by atoms with van der Waals surface area (Å²) in [5.74, 6) is -0.826. The molecule has 1 aromatic rings. The summed E-state index contributed by atoms with van der Waals surface area (Å²) in [5, 5.41) is 16.2. The summed E-state index contributed by atoms with van der Waals surface area (Å²) in [7, 11) is 1.24. The van der Waals surface area contributed by atoms with Crippen LogP contribution in [0.4, 0.5) is 18.9 Å². The molecule has 1 N–H and O–H groups in total. The molecule has 1 heterocycles. The maximum Gasteiger partial charge on any atom is 0.390 e. The van der Waals surface area contributed by atoms with Gasteiger partial charge in [0.05, 0.1) is 11.3 Å². The molecule has 18 heavy (non-hydrogen) atoms. The fourth-order valence-electron chi connectivity index (χ4n) is 1.18. The topological polar surface area (TPSA) is 90.1 Å². The Morgan fingerprint density at radius 1 is 1.61 bits per heavy atom. The van der Waals surface area contributed by atoms with Crippen LogP contribution in [0.25, 0.3) is 0 Å². The summed E-state index contributed by atoms with van der Waals surface area (Å²) in [6.07, 6.45) is -4.77. The number of rotatable bonds is 4. The lowest BCUT2D eigenvalue weighted by atomic mass is 10.3. The molecule has 0 saturated heterocycles. The average molecular weight is 266 g/mol. The van der Waals surface area contributed by atoms with Crippen LogP contribution < -0.4 is 5.32 Å². The van der Waals surface area contributed by atoms with Crippen LogP contribution in [0.3, 0.4) is 0 Å². The normalized spacial score (nSPS) is 11.3. The van der Waals surface area contributed by atoms with Crippen molar-refractivity contribution in [2.45, 2.75) is 19.1 Å². The highest BCUT2D eigenvalue weighted by Crippen LogP contribution is 2.22. The molecule has 0 aliphatic carbocycles. The number of aryl methyl sites for hydroxylation is 1. The van der Waals surface area contributed by atoms with E-state index in [-0.39, 0.29) is 0 Å². The highest BCUT2D eigenvalue weighted by atomic mass is 19.4. The Morgan fingerprint density at radius 2 is 2.22 bits per heavy atom. The van der Waals surface area contributed by atoms with Gasteiger partial charge in [-0.2, -0.15) is 18.3 Å². The van der Waals surface area contributed by atoms with Gasteiger partial charge in [-0.1, -0.05) is 0 Å². The van der Waals surface area contributed by atoms with Crippen molar-refractivity contribution < 1.29 is 22.9 Å². The Bertz CT molecular complexity index is 469. The molecule has 1 rings (SSSR count). The van der Waals surface area contributed by atoms with Crippen molar-refractivity contribution in [1.82, 2.24) is 15.1 Å². The number of hydrogen-bond acceptors (Lipinski definition) is 4. The Morgan fingerprint density at radius 3 is 2.67 bits per heavy atom. The summed E-state index contributed by atoms with van der Waals surface area (Å²) in [4.78, 5) is 21.0. The lowest BCUT2D eigenvalue weighted by Gasteiger charge is -2.04. The molecule has 10 heteroatoms. The number of nitrogens with zero attached hydrogens (tertiary/aromatic N) is 3. The SMILES string of the molecule is CNC(=O)c1nn(CCC(F)(F)F)cc1[N+](=O)[O-]. The van der Waals surface area contributed by atoms with E-state index in [9.17, 15) is 28.1 Å². The molecule has 0 aliphatic rings. The highest BCUT2D eigenvalue weighted by molar-refractivity contribution is 5.95. The first-order valence-electron chi connectivity index (χ1n) is 4.75. The Kier molecular flexibility index (Phi) is 3.89. The molecule has 0 fully saturated rings. The molecule has 100 valence electrons. The van der Waals surface area contributed by atoms with Gasteiger partial charge >= 0.3 is 11.9 Å². The van der Waals surface area contributed by atoms with E-state index in [4.69, 9.17) is 0 Å². The van der Waals surface area contributed by atoms with E-state index in [0.717, 1.165) is 10.9 Å². The van der Waals surface area contributed by atoms with Crippen LogP contribution in [0.1, 0.15) is 16.9 Å². The predicted octanol–water partition coefficient (Wildman–Crippen LogP) is 1.10. The number of aromatic nitrogens is 2. The van der Waals surface area contributed by atoms with Crippen LogP contribution in [0, 0.1) is 10.1 Å². The molecule has 1 aromatic heterocycles. The van der Waals surface area contributed by atoms with Gasteiger partial charge in [-0.05, 0) is 0 Å². The zero-order valence-electron chi connectivity index (χ0n) is 9.19. The summed E-state index contributed by atoms with van der Waals surface area (Å²) in [5.41, 5.74) is -1.14. The zero-order valence-corrected chi connectivity index (χ0v) is 9.19. The predicted molar refractivity (Wildman–Crippen MR) is 52.9 cm³/mol. The summed E-state index contributed by atoms with van der Waals surface area (Å²) >= 11 is 0. The number of nitrogens with one attached hydrogen (secondary N) is 1. The van der Waals surface area contributed by atoms with Crippen molar-refractivity contribution in [2.75, 3.05) is 7.05 Å². The second-order valence-corrected chi connectivity index (χ2v) is 3.33. The van der Waals surface area contributed by atoms with Gasteiger partial charge in [-0.3, -0.25) is 19.6 Å². The second kappa shape index (κ2) is 5.02. The third-order valence-electron chi connectivity index (χ3n) is 2.01. The van der Waals surface area contributed by atoms with Gasteiger partial charge in [0.25, 0.3) is 5.91 Å². The van der Waals surface area contributed by atoms with Gasteiger partial charge < -0.3 is 5.32 Å². The number of amides is 1. The zero-order chi connectivity index (χ0) is 13.9. The number of alkyl halides is 3. The summed E-state index contributed by atoms with van der Waals surface area (Å²) in [6, 6.07) is 0. The third kappa shape index (κ3) is 3.43. The minimum absolute atomic E-state index is 0.510. The highest BCUT2D eigenvalue weighted by Gasteiger charge is 2.29. The quantitative estimate of drug-likeness (QED) is 0.652. The average Bonchev–Trinajstić information content (AvgIpc) is 2.68. The summed E-state index contributed by atoms with van der Waals surface area (Å²) in [6.45, 7) is -0.582. The van der Waals surface area contributed by atoms with Crippen molar-refractivity contribution in [3.8, 4) is 0 Å². The Balaban J connectivity index is 2.96. The molecule has 0 unspecified atom stereocenters. The minimum Gasteiger partial charge on any atom is -0.353 e. The van der Waals surface area contributed by atoms with Crippen LogP contribution >= 0.6 is 0 Å². The molecule has 0 atom stereocenters. The molecule has 0 radical (unpaired) electrons. The third-order valence-corrected chi connectivity index (χ3v) is 2.01. The van der Waals surface area contributed by atoms with E-state index in [1.807, 2.05) is 0 Å².